The number of hydrogen-bond acceptors (Lipinski definition) is 5. The van der Waals surface area contributed by atoms with Crippen molar-refractivity contribution in [2.24, 2.45) is 0 Å². The molecule has 114 valence electrons. The Labute approximate surface area is 130 Å². The Balaban J connectivity index is 2.17. The van der Waals surface area contributed by atoms with E-state index in [9.17, 15) is 0 Å². The van der Waals surface area contributed by atoms with E-state index in [1.165, 1.54) is 4.88 Å². The molecule has 1 aromatic heterocycles. The monoisotopic (exact) mass is 306 g/mol. The molecule has 4 nitrogen and oxygen atoms in total. The van der Waals surface area contributed by atoms with Crippen LogP contribution in [0.15, 0.2) is 18.2 Å². The Bertz CT molecular complexity index is 610. The summed E-state index contributed by atoms with van der Waals surface area (Å²) in [6, 6.07) is 6.11. The predicted octanol–water partition coefficient (Wildman–Crippen LogP) is 4.34. The van der Waals surface area contributed by atoms with Crippen molar-refractivity contribution in [2.75, 3.05) is 19.0 Å². The van der Waals surface area contributed by atoms with Crippen LogP contribution < -0.4 is 14.8 Å². The van der Waals surface area contributed by atoms with Crippen molar-refractivity contribution in [3.63, 3.8) is 0 Å². The molecule has 0 aliphatic carbocycles. The van der Waals surface area contributed by atoms with Crippen LogP contribution in [0.5, 0.6) is 11.5 Å². The van der Waals surface area contributed by atoms with Crippen LogP contribution in [0.2, 0.25) is 0 Å². The van der Waals surface area contributed by atoms with E-state index < -0.39 is 0 Å². The molecule has 1 heterocycles. The van der Waals surface area contributed by atoms with Crippen LogP contribution in [-0.4, -0.2) is 18.7 Å². The molecule has 0 aliphatic heterocycles. The van der Waals surface area contributed by atoms with Gasteiger partial charge in [0.05, 0.1) is 30.5 Å². The van der Waals surface area contributed by atoms with Gasteiger partial charge >= 0.3 is 0 Å². The highest BCUT2D eigenvalue weighted by Crippen LogP contribution is 2.33. The number of nitrogens with one attached hydrogen (secondary N) is 1. The predicted molar refractivity (Wildman–Crippen MR) is 87.8 cm³/mol. The summed E-state index contributed by atoms with van der Waals surface area (Å²) in [4.78, 5) is 5.74. The maximum atomic E-state index is 5.53. The molecule has 5 heteroatoms. The first-order valence-corrected chi connectivity index (χ1v) is 7.88. The van der Waals surface area contributed by atoms with Crippen LogP contribution in [0, 0.1) is 13.8 Å². The number of aryl methyl sites for hydroxylation is 2. The van der Waals surface area contributed by atoms with Gasteiger partial charge in [-0.05, 0) is 39.8 Å². The van der Waals surface area contributed by atoms with Gasteiger partial charge in [-0.3, -0.25) is 0 Å². The molecule has 21 heavy (non-hydrogen) atoms. The molecule has 0 amide bonds. The van der Waals surface area contributed by atoms with Gasteiger partial charge in [0.1, 0.15) is 0 Å². The first-order valence-electron chi connectivity index (χ1n) is 7.06. The smallest absolute Gasteiger partial charge is 0.162 e. The average Bonchev–Trinajstić information content (AvgIpc) is 2.79. The van der Waals surface area contributed by atoms with Gasteiger partial charge in [-0.2, -0.15) is 0 Å². The van der Waals surface area contributed by atoms with E-state index in [-0.39, 0.29) is 6.04 Å². The van der Waals surface area contributed by atoms with E-state index in [1.807, 2.05) is 32.0 Å². The summed E-state index contributed by atoms with van der Waals surface area (Å²) in [7, 11) is 1.65. The van der Waals surface area contributed by atoms with Gasteiger partial charge in [-0.1, -0.05) is 0 Å². The number of benzene rings is 1. The lowest BCUT2D eigenvalue weighted by atomic mass is 10.2. The van der Waals surface area contributed by atoms with Crippen molar-refractivity contribution < 1.29 is 9.47 Å². The number of thiazole rings is 1. The number of nitrogens with zero attached hydrogens (tertiary/aromatic N) is 1. The van der Waals surface area contributed by atoms with Gasteiger partial charge in [0.2, 0.25) is 0 Å². The van der Waals surface area contributed by atoms with E-state index in [0.717, 1.165) is 27.9 Å². The summed E-state index contributed by atoms with van der Waals surface area (Å²) in [5.41, 5.74) is 2.10. The van der Waals surface area contributed by atoms with Crippen molar-refractivity contribution in [3.05, 3.63) is 33.8 Å². The second kappa shape index (κ2) is 6.80. The van der Waals surface area contributed by atoms with E-state index in [1.54, 1.807) is 18.4 Å². The normalized spacial score (nSPS) is 12.0. The number of hydrogen-bond donors (Lipinski definition) is 1. The molecule has 0 fully saturated rings. The number of rotatable bonds is 6. The lowest BCUT2D eigenvalue weighted by Crippen LogP contribution is -2.06. The zero-order valence-electron chi connectivity index (χ0n) is 13.2. The fourth-order valence-electron chi connectivity index (χ4n) is 2.30. The Morgan fingerprint density at radius 3 is 2.62 bits per heavy atom. The Morgan fingerprint density at radius 2 is 2.05 bits per heavy atom. The van der Waals surface area contributed by atoms with Crippen LogP contribution in [-0.2, 0) is 0 Å². The van der Waals surface area contributed by atoms with E-state index in [2.05, 4.69) is 24.1 Å². The second-order valence-corrected chi connectivity index (χ2v) is 6.08. The molecule has 0 bridgehead atoms. The second-order valence-electron chi connectivity index (χ2n) is 4.85. The van der Waals surface area contributed by atoms with Gasteiger partial charge in [0.25, 0.3) is 0 Å². The zero-order valence-corrected chi connectivity index (χ0v) is 14.0. The summed E-state index contributed by atoms with van der Waals surface area (Å²) < 4.78 is 10.9. The first-order chi connectivity index (χ1) is 10.0. The third-order valence-electron chi connectivity index (χ3n) is 3.18. The fourth-order valence-corrected chi connectivity index (χ4v) is 3.23. The number of aromatic nitrogens is 1. The summed E-state index contributed by atoms with van der Waals surface area (Å²) in [6.45, 7) is 8.81. The summed E-state index contributed by atoms with van der Waals surface area (Å²) in [5, 5.41) is 4.59. The average molecular weight is 306 g/mol. The Kier molecular flexibility index (Phi) is 5.07. The molecular weight excluding hydrogens is 284 g/mol. The maximum absolute atomic E-state index is 5.53. The lowest BCUT2D eigenvalue weighted by Gasteiger charge is -2.16. The van der Waals surface area contributed by atoms with Gasteiger partial charge in [-0.15, -0.1) is 11.3 Å². The molecule has 1 aromatic carbocycles. The highest BCUT2D eigenvalue weighted by molar-refractivity contribution is 7.11. The Morgan fingerprint density at radius 1 is 1.29 bits per heavy atom. The molecule has 2 aromatic rings. The number of methoxy groups -OCH3 is 1. The topological polar surface area (TPSA) is 43.4 Å². The molecule has 1 atom stereocenters. The third kappa shape index (κ3) is 3.67. The van der Waals surface area contributed by atoms with Crippen LogP contribution in [0.25, 0.3) is 0 Å². The highest BCUT2D eigenvalue weighted by atomic mass is 32.1. The molecular formula is C16H22N2O2S. The van der Waals surface area contributed by atoms with Crippen LogP contribution in [0.4, 0.5) is 5.69 Å². The van der Waals surface area contributed by atoms with Gasteiger partial charge < -0.3 is 14.8 Å². The van der Waals surface area contributed by atoms with E-state index in [0.29, 0.717) is 6.61 Å². The van der Waals surface area contributed by atoms with Crippen LogP contribution in [0.3, 0.4) is 0 Å². The molecule has 0 aliphatic rings. The number of ether oxygens (including phenoxy) is 2. The lowest BCUT2D eigenvalue weighted by molar-refractivity contribution is 0.311. The first kappa shape index (κ1) is 15.6. The van der Waals surface area contributed by atoms with E-state index in [4.69, 9.17) is 9.47 Å². The third-order valence-corrected chi connectivity index (χ3v) is 4.43. The number of anilines is 1. The standard InChI is InChI=1S/C16H22N2O2S/c1-6-20-14-8-7-13(9-15(14)19-5)18-11(3)16-10(2)17-12(4)21-16/h7-9,11,18H,6H2,1-5H3. The van der Waals surface area contributed by atoms with Gasteiger partial charge in [0, 0.05) is 16.6 Å². The van der Waals surface area contributed by atoms with Gasteiger partial charge in [-0.25, -0.2) is 4.98 Å². The van der Waals surface area contributed by atoms with Crippen molar-refractivity contribution in [1.29, 1.82) is 0 Å². The highest BCUT2D eigenvalue weighted by Gasteiger charge is 2.14. The zero-order chi connectivity index (χ0) is 15.4. The molecule has 0 saturated carbocycles. The summed E-state index contributed by atoms with van der Waals surface area (Å²) >= 11 is 1.73. The minimum absolute atomic E-state index is 0.207. The SMILES string of the molecule is CCOc1ccc(NC(C)c2sc(C)nc2C)cc1OC. The van der Waals surface area contributed by atoms with Gasteiger partial charge in [0.15, 0.2) is 11.5 Å². The Hall–Kier alpha value is -1.75. The minimum atomic E-state index is 0.207. The molecule has 0 radical (unpaired) electrons. The summed E-state index contributed by atoms with van der Waals surface area (Å²) in [5.74, 6) is 1.51. The van der Waals surface area contributed by atoms with Crippen molar-refractivity contribution in [3.8, 4) is 11.5 Å². The van der Waals surface area contributed by atoms with E-state index >= 15 is 0 Å². The van der Waals surface area contributed by atoms with Crippen molar-refractivity contribution in [2.45, 2.75) is 33.7 Å². The minimum Gasteiger partial charge on any atom is -0.493 e. The molecule has 0 spiro atoms. The fraction of sp³-hybridized carbons (Fsp3) is 0.438. The summed E-state index contributed by atoms with van der Waals surface area (Å²) in [6.07, 6.45) is 0. The molecule has 1 N–H and O–H groups in total. The largest absolute Gasteiger partial charge is 0.493 e. The molecule has 2 rings (SSSR count). The van der Waals surface area contributed by atoms with Crippen LogP contribution >= 0.6 is 11.3 Å². The molecule has 1 unspecified atom stereocenters. The van der Waals surface area contributed by atoms with Crippen LogP contribution in [0.1, 0.15) is 35.5 Å². The van der Waals surface area contributed by atoms with Crippen molar-refractivity contribution in [1.82, 2.24) is 4.98 Å². The molecule has 0 saturated heterocycles. The van der Waals surface area contributed by atoms with Crippen molar-refractivity contribution >= 4 is 17.0 Å². The quantitative estimate of drug-likeness (QED) is 0.862. The maximum Gasteiger partial charge on any atom is 0.162 e.